The minimum Gasteiger partial charge on any atom is -0.481 e. The van der Waals surface area contributed by atoms with Crippen molar-refractivity contribution in [3.05, 3.63) is 30.0 Å². The van der Waals surface area contributed by atoms with Crippen LogP contribution in [0.2, 0.25) is 0 Å². The lowest BCUT2D eigenvalue weighted by Crippen LogP contribution is -1.92. The van der Waals surface area contributed by atoms with Crippen LogP contribution in [0.3, 0.4) is 0 Å². The minimum absolute atomic E-state index is 0.295. The molecule has 126 valence electrons. The summed E-state index contributed by atoms with van der Waals surface area (Å²) in [4.78, 5) is 10.3. The summed E-state index contributed by atoms with van der Waals surface area (Å²) in [6.45, 7) is 2.25. The SMILES string of the molecule is CCCCCCCC=C=CCCC/C=C/CCCCC(=O)O. The summed E-state index contributed by atoms with van der Waals surface area (Å²) in [5, 5.41) is 8.51. The van der Waals surface area contributed by atoms with E-state index in [9.17, 15) is 4.79 Å². The van der Waals surface area contributed by atoms with Gasteiger partial charge in [0.15, 0.2) is 0 Å². The Hall–Kier alpha value is -1.27. The van der Waals surface area contributed by atoms with Crippen molar-refractivity contribution < 1.29 is 9.90 Å². The molecule has 2 nitrogen and oxygen atoms in total. The molecule has 0 heterocycles. The molecule has 0 atom stereocenters. The molecular formula is C20H34O2. The molecule has 0 aromatic carbocycles. The van der Waals surface area contributed by atoms with E-state index in [1.165, 1.54) is 38.5 Å². The average Bonchev–Trinajstić information content (AvgIpc) is 2.50. The zero-order chi connectivity index (χ0) is 16.3. The molecule has 0 saturated carbocycles. The summed E-state index contributed by atoms with van der Waals surface area (Å²) in [6, 6.07) is 0. The number of carbonyl (C=O) groups is 1. The molecular weight excluding hydrogens is 272 g/mol. The molecule has 0 unspecified atom stereocenters. The molecule has 0 bridgehead atoms. The quantitative estimate of drug-likeness (QED) is 0.215. The molecule has 0 aliphatic heterocycles. The predicted octanol–water partition coefficient (Wildman–Crippen LogP) is 6.43. The third kappa shape index (κ3) is 18.7. The van der Waals surface area contributed by atoms with Gasteiger partial charge >= 0.3 is 5.97 Å². The lowest BCUT2D eigenvalue weighted by Gasteiger charge is -1.94. The zero-order valence-electron chi connectivity index (χ0n) is 14.4. The van der Waals surface area contributed by atoms with Gasteiger partial charge in [0, 0.05) is 6.42 Å². The molecule has 0 rings (SSSR count). The summed E-state index contributed by atoms with van der Waals surface area (Å²) in [7, 11) is 0. The number of hydrogen-bond acceptors (Lipinski definition) is 1. The van der Waals surface area contributed by atoms with E-state index in [0.717, 1.165) is 38.5 Å². The Kier molecular flexibility index (Phi) is 16.8. The fraction of sp³-hybridized carbons (Fsp3) is 0.700. The number of rotatable bonds is 15. The van der Waals surface area contributed by atoms with Gasteiger partial charge in [0.2, 0.25) is 0 Å². The standard InChI is InChI=1S/C20H34O2/c1-2-3-4-5-6-7-8-9-10-11-12-13-14-15-16-17-18-19-20(21)22/h8,10,14-15H,2-7,11-13,16-19H2,1H3,(H,21,22)/b15-14+. The summed E-state index contributed by atoms with van der Waals surface area (Å²) in [5.74, 6) is -0.690. The molecule has 0 radical (unpaired) electrons. The number of allylic oxidation sites excluding steroid dienone is 3. The van der Waals surface area contributed by atoms with Gasteiger partial charge in [0.25, 0.3) is 0 Å². The second-order valence-corrected chi connectivity index (χ2v) is 5.82. The van der Waals surface area contributed by atoms with E-state index in [1.807, 2.05) is 0 Å². The van der Waals surface area contributed by atoms with Gasteiger partial charge in [-0.3, -0.25) is 4.79 Å². The third-order valence-corrected chi connectivity index (χ3v) is 3.59. The highest BCUT2D eigenvalue weighted by molar-refractivity contribution is 5.66. The van der Waals surface area contributed by atoms with E-state index in [1.54, 1.807) is 0 Å². The van der Waals surface area contributed by atoms with Crippen LogP contribution in [0.4, 0.5) is 0 Å². The number of carboxylic acid groups (broad SMARTS) is 1. The molecule has 0 amide bonds. The Morgan fingerprint density at radius 2 is 1.41 bits per heavy atom. The summed E-state index contributed by atoms with van der Waals surface area (Å²) in [5.41, 5.74) is 3.28. The van der Waals surface area contributed by atoms with Crippen molar-refractivity contribution >= 4 is 5.97 Å². The summed E-state index contributed by atoms with van der Waals surface area (Å²) < 4.78 is 0. The lowest BCUT2D eigenvalue weighted by molar-refractivity contribution is -0.137. The number of unbranched alkanes of at least 4 members (excludes halogenated alkanes) is 9. The maximum absolute atomic E-state index is 10.3. The van der Waals surface area contributed by atoms with Crippen LogP contribution in [-0.2, 0) is 4.79 Å². The van der Waals surface area contributed by atoms with E-state index < -0.39 is 5.97 Å². The van der Waals surface area contributed by atoms with Gasteiger partial charge in [0.1, 0.15) is 0 Å². The number of hydrogen-bond donors (Lipinski definition) is 1. The van der Waals surface area contributed by atoms with Gasteiger partial charge in [-0.05, 0) is 63.5 Å². The predicted molar refractivity (Wildman–Crippen MR) is 95.1 cm³/mol. The Balaban J connectivity index is 3.30. The minimum atomic E-state index is -0.690. The molecule has 0 aliphatic carbocycles. The molecule has 0 saturated heterocycles. The van der Waals surface area contributed by atoms with Crippen LogP contribution in [0, 0.1) is 0 Å². The first-order valence-corrected chi connectivity index (χ1v) is 9.03. The van der Waals surface area contributed by atoms with Gasteiger partial charge in [-0.25, -0.2) is 0 Å². The maximum atomic E-state index is 10.3. The van der Waals surface area contributed by atoms with Crippen LogP contribution in [0.1, 0.15) is 90.4 Å². The molecule has 1 N–H and O–H groups in total. The van der Waals surface area contributed by atoms with E-state index in [4.69, 9.17) is 5.11 Å². The second kappa shape index (κ2) is 17.8. The fourth-order valence-corrected chi connectivity index (χ4v) is 2.21. The Morgan fingerprint density at radius 1 is 0.818 bits per heavy atom. The van der Waals surface area contributed by atoms with Crippen LogP contribution in [-0.4, -0.2) is 11.1 Å². The van der Waals surface area contributed by atoms with E-state index in [-0.39, 0.29) is 0 Å². The van der Waals surface area contributed by atoms with Gasteiger partial charge in [0.05, 0.1) is 0 Å². The van der Waals surface area contributed by atoms with Crippen molar-refractivity contribution in [3.63, 3.8) is 0 Å². The lowest BCUT2D eigenvalue weighted by atomic mass is 10.1. The van der Waals surface area contributed by atoms with Gasteiger partial charge in [-0.15, -0.1) is 5.73 Å². The van der Waals surface area contributed by atoms with Crippen molar-refractivity contribution in [1.82, 2.24) is 0 Å². The fourth-order valence-electron chi connectivity index (χ4n) is 2.21. The van der Waals surface area contributed by atoms with Crippen LogP contribution >= 0.6 is 0 Å². The highest BCUT2D eigenvalue weighted by Gasteiger charge is 1.94. The molecule has 0 aromatic heterocycles. The van der Waals surface area contributed by atoms with E-state index in [2.05, 4.69) is 37.0 Å². The molecule has 2 heteroatoms. The molecule has 0 fully saturated rings. The summed E-state index contributed by atoms with van der Waals surface area (Å²) >= 11 is 0. The van der Waals surface area contributed by atoms with Gasteiger partial charge in [-0.1, -0.05) is 44.8 Å². The van der Waals surface area contributed by atoms with Crippen molar-refractivity contribution in [2.45, 2.75) is 90.4 Å². The Bertz CT molecular complexity index is 336. The largest absolute Gasteiger partial charge is 0.481 e. The first-order valence-electron chi connectivity index (χ1n) is 9.03. The van der Waals surface area contributed by atoms with Crippen molar-refractivity contribution in [2.75, 3.05) is 0 Å². The number of aliphatic carboxylic acids is 1. The monoisotopic (exact) mass is 306 g/mol. The molecule has 0 spiro atoms. The van der Waals surface area contributed by atoms with Crippen LogP contribution in [0.15, 0.2) is 30.0 Å². The van der Waals surface area contributed by atoms with Crippen LogP contribution in [0.25, 0.3) is 0 Å². The third-order valence-electron chi connectivity index (χ3n) is 3.59. The Labute approximate surface area is 137 Å². The first kappa shape index (κ1) is 20.7. The van der Waals surface area contributed by atoms with Crippen molar-refractivity contribution in [2.24, 2.45) is 0 Å². The molecule has 22 heavy (non-hydrogen) atoms. The topological polar surface area (TPSA) is 37.3 Å². The number of carboxylic acids is 1. The highest BCUT2D eigenvalue weighted by atomic mass is 16.4. The smallest absolute Gasteiger partial charge is 0.303 e. The van der Waals surface area contributed by atoms with E-state index >= 15 is 0 Å². The second-order valence-electron chi connectivity index (χ2n) is 5.82. The summed E-state index contributed by atoms with van der Waals surface area (Å²) in [6.07, 6.45) is 23.0. The zero-order valence-corrected chi connectivity index (χ0v) is 14.4. The van der Waals surface area contributed by atoms with Gasteiger partial charge < -0.3 is 5.11 Å². The normalized spacial score (nSPS) is 10.6. The van der Waals surface area contributed by atoms with Crippen molar-refractivity contribution in [1.29, 1.82) is 0 Å². The molecule has 0 aromatic rings. The van der Waals surface area contributed by atoms with Crippen LogP contribution in [0.5, 0.6) is 0 Å². The van der Waals surface area contributed by atoms with Gasteiger partial charge in [-0.2, -0.15) is 0 Å². The molecule has 0 aliphatic rings. The highest BCUT2D eigenvalue weighted by Crippen LogP contribution is 2.05. The van der Waals surface area contributed by atoms with Crippen molar-refractivity contribution in [3.8, 4) is 0 Å². The van der Waals surface area contributed by atoms with Crippen LogP contribution < -0.4 is 0 Å². The average molecular weight is 306 g/mol. The maximum Gasteiger partial charge on any atom is 0.303 e. The van der Waals surface area contributed by atoms with E-state index in [0.29, 0.717) is 6.42 Å². The Morgan fingerprint density at radius 3 is 2.09 bits per heavy atom. The first-order chi connectivity index (χ1) is 10.8.